The Morgan fingerprint density at radius 1 is 0.913 bits per heavy atom. The van der Waals surface area contributed by atoms with E-state index in [0.29, 0.717) is 26.2 Å². The fourth-order valence-electron chi connectivity index (χ4n) is 3.30. The van der Waals surface area contributed by atoms with Crippen molar-refractivity contribution in [1.29, 1.82) is 0 Å². The zero-order chi connectivity index (χ0) is 15.8. The number of hydrazine groups is 1. The van der Waals surface area contributed by atoms with E-state index in [1.54, 1.807) is 5.01 Å². The van der Waals surface area contributed by atoms with E-state index in [0.717, 1.165) is 22.6 Å². The lowest BCUT2D eigenvalue weighted by molar-refractivity contribution is -0.133. The van der Waals surface area contributed by atoms with Gasteiger partial charge in [-0.15, -0.1) is 0 Å². The van der Waals surface area contributed by atoms with Crippen LogP contribution in [0.1, 0.15) is 17.0 Å². The molecule has 0 bridgehead atoms. The Hall–Kier alpha value is -2.37. The highest BCUT2D eigenvalue weighted by Crippen LogP contribution is 2.44. The van der Waals surface area contributed by atoms with Gasteiger partial charge in [-0.1, -0.05) is 36.4 Å². The molecular weight excluding hydrogens is 290 g/mol. The molecule has 0 aromatic heterocycles. The van der Waals surface area contributed by atoms with Crippen LogP contribution in [0.15, 0.2) is 48.5 Å². The van der Waals surface area contributed by atoms with Crippen molar-refractivity contribution in [2.75, 3.05) is 26.2 Å². The highest BCUT2D eigenvalue weighted by atomic mass is 16.5. The van der Waals surface area contributed by atoms with Crippen molar-refractivity contribution in [2.24, 2.45) is 5.84 Å². The van der Waals surface area contributed by atoms with E-state index >= 15 is 0 Å². The molecule has 4 rings (SSSR count). The molecule has 0 unspecified atom stereocenters. The van der Waals surface area contributed by atoms with E-state index in [2.05, 4.69) is 0 Å². The number of nitrogens with two attached hydrogens (primary N) is 1. The maximum absolute atomic E-state index is 13.2. The van der Waals surface area contributed by atoms with Gasteiger partial charge in [-0.2, -0.15) is 0 Å². The molecule has 0 saturated carbocycles. The average molecular weight is 309 g/mol. The number of amides is 1. The van der Waals surface area contributed by atoms with Gasteiger partial charge in [0.15, 0.2) is 0 Å². The van der Waals surface area contributed by atoms with E-state index in [4.69, 9.17) is 10.6 Å². The lowest BCUT2D eigenvalue weighted by Crippen LogP contribution is -2.52. The molecule has 0 spiro atoms. The number of benzene rings is 2. The van der Waals surface area contributed by atoms with Crippen LogP contribution in [-0.2, 0) is 4.79 Å². The van der Waals surface area contributed by atoms with Gasteiger partial charge in [0, 0.05) is 37.3 Å². The molecule has 23 heavy (non-hydrogen) atoms. The molecule has 1 fully saturated rings. The van der Waals surface area contributed by atoms with E-state index in [-0.39, 0.29) is 11.8 Å². The predicted molar refractivity (Wildman–Crippen MR) is 87.1 cm³/mol. The highest BCUT2D eigenvalue weighted by Gasteiger charge is 2.35. The number of carbonyl (C=O) groups is 1. The van der Waals surface area contributed by atoms with E-state index in [9.17, 15) is 4.79 Å². The summed E-state index contributed by atoms with van der Waals surface area (Å²) in [5, 5.41) is 1.76. The lowest BCUT2D eigenvalue weighted by atomic mass is 9.86. The molecule has 0 aliphatic carbocycles. The van der Waals surface area contributed by atoms with Gasteiger partial charge < -0.3 is 9.64 Å². The first-order valence-electron chi connectivity index (χ1n) is 7.88. The molecule has 2 aromatic rings. The maximum Gasteiger partial charge on any atom is 0.234 e. The Bertz CT molecular complexity index is 693. The SMILES string of the molecule is NN1CCN(C(=O)C2c3ccccc3Oc3ccccc32)CC1. The topological polar surface area (TPSA) is 58.8 Å². The summed E-state index contributed by atoms with van der Waals surface area (Å²) in [6.45, 7) is 2.74. The molecule has 1 amide bonds. The molecule has 1 saturated heterocycles. The Morgan fingerprint density at radius 3 is 2.00 bits per heavy atom. The Kier molecular flexibility index (Phi) is 3.52. The fourth-order valence-corrected chi connectivity index (χ4v) is 3.30. The number of fused-ring (bicyclic) bond motifs is 2. The minimum Gasteiger partial charge on any atom is -0.457 e. The van der Waals surface area contributed by atoms with Crippen LogP contribution in [-0.4, -0.2) is 42.0 Å². The molecule has 118 valence electrons. The van der Waals surface area contributed by atoms with Gasteiger partial charge in [0.2, 0.25) is 5.91 Å². The molecular formula is C18H19N3O2. The number of ether oxygens (including phenoxy) is 1. The van der Waals surface area contributed by atoms with Gasteiger partial charge in [0.25, 0.3) is 0 Å². The van der Waals surface area contributed by atoms with Crippen LogP contribution in [0.5, 0.6) is 11.5 Å². The van der Waals surface area contributed by atoms with Crippen LogP contribution in [0.4, 0.5) is 0 Å². The average Bonchev–Trinajstić information content (AvgIpc) is 2.59. The van der Waals surface area contributed by atoms with Crippen molar-refractivity contribution < 1.29 is 9.53 Å². The van der Waals surface area contributed by atoms with Crippen LogP contribution in [0, 0.1) is 0 Å². The van der Waals surface area contributed by atoms with Crippen molar-refractivity contribution in [3.8, 4) is 11.5 Å². The summed E-state index contributed by atoms with van der Waals surface area (Å²) >= 11 is 0. The minimum atomic E-state index is -0.305. The number of piperazine rings is 1. The summed E-state index contributed by atoms with van der Waals surface area (Å²) in [6.07, 6.45) is 0. The molecule has 2 aliphatic rings. The quantitative estimate of drug-likeness (QED) is 0.818. The molecule has 2 aromatic carbocycles. The number of hydrogen-bond acceptors (Lipinski definition) is 4. The first-order chi connectivity index (χ1) is 11.2. The monoisotopic (exact) mass is 309 g/mol. The summed E-state index contributed by atoms with van der Waals surface area (Å²) in [7, 11) is 0. The van der Waals surface area contributed by atoms with E-state index in [1.807, 2.05) is 53.4 Å². The van der Waals surface area contributed by atoms with Gasteiger partial charge in [-0.05, 0) is 12.1 Å². The molecule has 5 heteroatoms. The number of rotatable bonds is 1. The minimum absolute atomic E-state index is 0.126. The first kappa shape index (κ1) is 14.2. The third kappa shape index (κ3) is 2.48. The maximum atomic E-state index is 13.2. The molecule has 0 radical (unpaired) electrons. The van der Waals surface area contributed by atoms with Gasteiger partial charge in [-0.25, -0.2) is 5.01 Å². The lowest BCUT2D eigenvalue weighted by Gasteiger charge is -2.36. The van der Waals surface area contributed by atoms with E-state index < -0.39 is 0 Å². The fraction of sp³-hybridized carbons (Fsp3) is 0.278. The summed E-state index contributed by atoms with van der Waals surface area (Å²) in [6, 6.07) is 15.6. The zero-order valence-corrected chi connectivity index (χ0v) is 12.8. The van der Waals surface area contributed by atoms with Crippen LogP contribution >= 0.6 is 0 Å². The van der Waals surface area contributed by atoms with Crippen LogP contribution in [0.2, 0.25) is 0 Å². The Labute approximate surface area is 135 Å². The second-order valence-electron chi connectivity index (χ2n) is 5.97. The molecule has 0 atom stereocenters. The number of nitrogens with zero attached hydrogens (tertiary/aromatic N) is 2. The van der Waals surface area contributed by atoms with Crippen molar-refractivity contribution >= 4 is 5.91 Å². The summed E-state index contributed by atoms with van der Waals surface area (Å²) < 4.78 is 5.96. The molecule has 2 N–H and O–H groups in total. The van der Waals surface area contributed by atoms with Gasteiger partial charge >= 0.3 is 0 Å². The zero-order valence-electron chi connectivity index (χ0n) is 12.8. The smallest absolute Gasteiger partial charge is 0.234 e. The standard InChI is InChI=1S/C18H19N3O2/c19-21-11-9-20(10-12-21)18(22)17-13-5-1-3-7-15(13)23-16-8-4-2-6-14(16)17/h1-8,17H,9-12,19H2. The molecule has 2 aliphatic heterocycles. The van der Waals surface area contributed by atoms with Gasteiger partial charge in [0.05, 0.1) is 5.92 Å². The Morgan fingerprint density at radius 2 is 1.43 bits per heavy atom. The van der Waals surface area contributed by atoms with Crippen molar-refractivity contribution in [3.05, 3.63) is 59.7 Å². The third-order valence-corrected chi connectivity index (χ3v) is 4.55. The second kappa shape index (κ2) is 5.68. The van der Waals surface area contributed by atoms with Crippen molar-refractivity contribution in [1.82, 2.24) is 9.91 Å². The first-order valence-corrected chi connectivity index (χ1v) is 7.88. The van der Waals surface area contributed by atoms with Crippen LogP contribution in [0.25, 0.3) is 0 Å². The van der Waals surface area contributed by atoms with Gasteiger partial charge in [-0.3, -0.25) is 10.6 Å². The van der Waals surface area contributed by atoms with Crippen LogP contribution < -0.4 is 10.6 Å². The second-order valence-corrected chi connectivity index (χ2v) is 5.97. The number of para-hydroxylation sites is 2. The highest BCUT2D eigenvalue weighted by molar-refractivity contribution is 5.89. The largest absolute Gasteiger partial charge is 0.457 e. The van der Waals surface area contributed by atoms with E-state index in [1.165, 1.54) is 0 Å². The predicted octanol–water partition coefficient (Wildman–Crippen LogP) is 1.94. The normalized spacial score (nSPS) is 18.0. The van der Waals surface area contributed by atoms with Crippen molar-refractivity contribution in [2.45, 2.75) is 5.92 Å². The van der Waals surface area contributed by atoms with Gasteiger partial charge in [0.1, 0.15) is 11.5 Å². The number of carbonyl (C=O) groups excluding carboxylic acids is 1. The number of hydrogen-bond donors (Lipinski definition) is 1. The molecule has 2 heterocycles. The molecule has 5 nitrogen and oxygen atoms in total. The van der Waals surface area contributed by atoms with Crippen molar-refractivity contribution in [3.63, 3.8) is 0 Å². The Balaban J connectivity index is 1.74. The summed E-state index contributed by atoms with van der Waals surface area (Å²) in [4.78, 5) is 15.1. The summed E-state index contributed by atoms with van der Waals surface area (Å²) in [5.74, 6) is 7.16. The van der Waals surface area contributed by atoms with Crippen LogP contribution in [0.3, 0.4) is 0 Å². The third-order valence-electron chi connectivity index (χ3n) is 4.55. The summed E-state index contributed by atoms with van der Waals surface area (Å²) in [5.41, 5.74) is 1.87.